The first kappa shape index (κ1) is 21.5. The molecule has 1 N–H and O–H groups in total. The number of halogens is 1. The molecule has 0 fully saturated rings. The maximum absolute atomic E-state index is 13.6. The molecule has 32 heavy (non-hydrogen) atoms. The van der Waals surface area contributed by atoms with E-state index < -0.39 is 0 Å². The van der Waals surface area contributed by atoms with Gasteiger partial charge in [-0.3, -0.25) is 4.79 Å². The summed E-state index contributed by atoms with van der Waals surface area (Å²) in [6, 6.07) is 15.8. The van der Waals surface area contributed by atoms with E-state index in [9.17, 15) is 9.18 Å². The summed E-state index contributed by atoms with van der Waals surface area (Å²) in [5.41, 5.74) is 5.86. The number of rotatable bonds is 7. The van der Waals surface area contributed by atoms with E-state index in [0.717, 1.165) is 28.3 Å². The number of carbonyl (C=O) groups excluding carboxylic acids is 1. The highest BCUT2D eigenvalue weighted by molar-refractivity contribution is 5.76. The van der Waals surface area contributed by atoms with Gasteiger partial charge in [0.05, 0.1) is 12.8 Å². The number of ether oxygens (including phenoxy) is 1. The third-order valence-electron chi connectivity index (χ3n) is 5.54. The molecule has 0 atom stereocenters. The van der Waals surface area contributed by atoms with Crippen molar-refractivity contribution in [2.45, 2.75) is 33.2 Å². The van der Waals surface area contributed by atoms with Gasteiger partial charge in [-0.2, -0.15) is 5.10 Å². The van der Waals surface area contributed by atoms with Gasteiger partial charge in [-0.05, 0) is 55.7 Å². The number of carbonyl (C=O) groups is 1. The van der Waals surface area contributed by atoms with Crippen LogP contribution in [0.3, 0.4) is 0 Å². The van der Waals surface area contributed by atoms with Crippen LogP contribution in [-0.2, 0) is 17.8 Å². The van der Waals surface area contributed by atoms with Crippen molar-refractivity contribution in [3.8, 4) is 17.0 Å². The molecule has 0 aliphatic rings. The summed E-state index contributed by atoms with van der Waals surface area (Å²) in [7, 11) is 1.62. The molecule has 0 spiro atoms. The van der Waals surface area contributed by atoms with Crippen molar-refractivity contribution >= 4 is 11.6 Å². The molecule has 7 heteroatoms. The second-order valence-corrected chi connectivity index (χ2v) is 7.70. The number of benzene rings is 2. The standard InChI is InChI=1S/C25H25FN4O2/c1-16-22(11-12-25(31)27-15-18-7-9-21(32-3)10-8-18)17(2)30-24(28-16)14-23(29-30)19-5-4-6-20(26)13-19/h4-10,13-14H,11-12,15H2,1-3H3,(H,27,31). The van der Waals surface area contributed by atoms with E-state index in [-0.39, 0.29) is 11.7 Å². The Bertz CT molecular complexity index is 1270. The zero-order valence-electron chi connectivity index (χ0n) is 18.4. The number of nitrogens with zero attached hydrogens (tertiary/aromatic N) is 3. The summed E-state index contributed by atoms with van der Waals surface area (Å²) in [6.45, 7) is 4.37. The second-order valence-electron chi connectivity index (χ2n) is 7.70. The second kappa shape index (κ2) is 9.18. The van der Waals surface area contributed by atoms with Crippen molar-refractivity contribution in [1.29, 1.82) is 0 Å². The lowest BCUT2D eigenvalue weighted by Gasteiger charge is -2.11. The first-order valence-electron chi connectivity index (χ1n) is 10.5. The lowest BCUT2D eigenvalue weighted by molar-refractivity contribution is -0.121. The average molecular weight is 432 g/mol. The number of amides is 1. The minimum atomic E-state index is -0.304. The van der Waals surface area contributed by atoms with E-state index in [1.165, 1.54) is 12.1 Å². The molecule has 6 nitrogen and oxygen atoms in total. The van der Waals surface area contributed by atoms with E-state index in [4.69, 9.17) is 4.74 Å². The molecule has 2 aromatic heterocycles. The molecule has 0 bridgehead atoms. The number of methoxy groups -OCH3 is 1. The van der Waals surface area contributed by atoms with Crippen LogP contribution in [0.4, 0.5) is 4.39 Å². The fourth-order valence-corrected chi connectivity index (χ4v) is 3.75. The van der Waals surface area contributed by atoms with Crippen LogP contribution in [0.25, 0.3) is 16.9 Å². The zero-order chi connectivity index (χ0) is 22.7. The van der Waals surface area contributed by atoms with Crippen molar-refractivity contribution in [3.63, 3.8) is 0 Å². The number of hydrogen-bond donors (Lipinski definition) is 1. The quantitative estimate of drug-likeness (QED) is 0.470. The Kier molecular flexibility index (Phi) is 6.16. The smallest absolute Gasteiger partial charge is 0.220 e. The highest BCUT2D eigenvalue weighted by atomic mass is 19.1. The van der Waals surface area contributed by atoms with Gasteiger partial charge in [-0.25, -0.2) is 13.9 Å². The Labute approximate surface area is 186 Å². The minimum Gasteiger partial charge on any atom is -0.497 e. The van der Waals surface area contributed by atoms with Crippen molar-refractivity contribution in [2.24, 2.45) is 0 Å². The van der Waals surface area contributed by atoms with Gasteiger partial charge in [0, 0.05) is 36.0 Å². The van der Waals surface area contributed by atoms with Gasteiger partial charge in [0.1, 0.15) is 11.6 Å². The van der Waals surface area contributed by atoms with Crippen molar-refractivity contribution in [2.75, 3.05) is 7.11 Å². The van der Waals surface area contributed by atoms with E-state index in [2.05, 4.69) is 15.4 Å². The van der Waals surface area contributed by atoms with E-state index in [1.807, 2.05) is 50.2 Å². The molecule has 4 aromatic rings. The van der Waals surface area contributed by atoms with Crippen LogP contribution in [-0.4, -0.2) is 27.6 Å². The normalized spacial score (nSPS) is 11.0. The van der Waals surface area contributed by atoms with Gasteiger partial charge in [-0.15, -0.1) is 0 Å². The fourth-order valence-electron chi connectivity index (χ4n) is 3.75. The third-order valence-corrected chi connectivity index (χ3v) is 5.54. The van der Waals surface area contributed by atoms with Crippen LogP contribution in [0.2, 0.25) is 0 Å². The summed E-state index contributed by atoms with van der Waals surface area (Å²) < 4.78 is 20.5. The van der Waals surface area contributed by atoms with Crippen LogP contribution in [0.15, 0.2) is 54.6 Å². The van der Waals surface area contributed by atoms with Gasteiger partial charge in [-0.1, -0.05) is 24.3 Å². The molecule has 2 heterocycles. The molecule has 0 aliphatic heterocycles. The number of nitrogens with one attached hydrogen (secondary N) is 1. The Morgan fingerprint density at radius 1 is 1.12 bits per heavy atom. The molecule has 0 saturated heterocycles. The molecule has 2 aromatic carbocycles. The van der Waals surface area contributed by atoms with Crippen LogP contribution < -0.4 is 10.1 Å². The first-order valence-corrected chi connectivity index (χ1v) is 10.5. The van der Waals surface area contributed by atoms with Crippen LogP contribution >= 0.6 is 0 Å². The van der Waals surface area contributed by atoms with Crippen molar-refractivity contribution in [1.82, 2.24) is 19.9 Å². The molecule has 4 rings (SSSR count). The van der Waals surface area contributed by atoms with Gasteiger partial charge >= 0.3 is 0 Å². The van der Waals surface area contributed by atoms with E-state index >= 15 is 0 Å². The number of hydrogen-bond acceptors (Lipinski definition) is 4. The van der Waals surface area contributed by atoms with E-state index in [1.54, 1.807) is 17.7 Å². The number of aromatic nitrogens is 3. The SMILES string of the molecule is COc1ccc(CNC(=O)CCc2c(C)nc3cc(-c4cccc(F)c4)nn3c2C)cc1. The summed E-state index contributed by atoms with van der Waals surface area (Å²) in [4.78, 5) is 17.1. The largest absolute Gasteiger partial charge is 0.497 e. The van der Waals surface area contributed by atoms with Crippen LogP contribution in [0.5, 0.6) is 5.75 Å². The Morgan fingerprint density at radius 3 is 2.62 bits per heavy atom. The van der Waals surface area contributed by atoms with Crippen LogP contribution in [0.1, 0.15) is 28.9 Å². The van der Waals surface area contributed by atoms with Crippen molar-refractivity contribution < 1.29 is 13.9 Å². The molecule has 0 aliphatic carbocycles. The maximum Gasteiger partial charge on any atom is 0.220 e. The molecule has 1 amide bonds. The summed E-state index contributed by atoms with van der Waals surface area (Å²) in [5, 5.41) is 7.57. The van der Waals surface area contributed by atoms with Gasteiger partial charge in [0.25, 0.3) is 0 Å². The van der Waals surface area contributed by atoms with Gasteiger partial charge in [0.15, 0.2) is 5.65 Å². The predicted octanol–water partition coefficient (Wildman–Crippen LogP) is 4.41. The lowest BCUT2D eigenvalue weighted by atomic mass is 10.1. The first-order chi connectivity index (χ1) is 15.4. The molecule has 164 valence electrons. The summed E-state index contributed by atoms with van der Waals surface area (Å²) in [5.74, 6) is 0.454. The average Bonchev–Trinajstić information content (AvgIpc) is 3.22. The highest BCUT2D eigenvalue weighted by Crippen LogP contribution is 2.23. The monoisotopic (exact) mass is 432 g/mol. The zero-order valence-corrected chi connectivity index (χ0v) is 18.4. The molecule has 0 unspecified atom stereocenters. The number of aryl methyl sites for hydroxylation is 2. The topological polar surface area (TPSA) is 68.5 Å². The van der Waals surface area contributed by atoms with Crippen LogP contribution in [0, 0.1) is 19.7 Å². The fraction of sp³-hybridized carbons (Fsp3) is 0.240. The van der Waals surface area contributed by atoms with Crippen molar-refractivity contribution in [3.05, 3.63) is 82.9 Å². The lowest BCUT2D eigenvalue weighted by Crippen LogP contribution is -2.23. The molecular formula is C25H25FN4O2. The third kappa shape index (κ3) is 4.61. The Hall–Kier alpha value is -3.74. The highest BCUT2D eigenvalue weighted by Gasteiger charge is 2.14. The molecular weight excluding hydrogens is 407 g/mol. The van der Waals surface area contributed by atoms with E-state index in [0.29, 0.717) is 36.3 Å². The number of fused-ring (bicyclic) bond motifs is 1. The Morgan fingerprint density at radius 2 is 1.91 bits per heavy atom. The predicted molar refractivity (Wildman–Crippen MR) is 121 cm³/mol. The molecule has 0 radical (unpaired) electrons. The van der Waals surface area contributed by atoms with Gasteiger partial charge in [0.2, 0.25) is 5.91 Å². The summed E-state index contributed by atoms with van der Waals surface area (Å²) >= 11 is 0. The minimum absolute atomic E-state index is 0.0272. The molecule has 0 saturated carbocycles. The Balaban J connectivity index is 1.45. The maximum atomic E-state index is 13.6. The summed E-state index contributed by atoms with van der Waals surface area (Å²) in [6.07, 6.45) is 0.910. The van der Waals surface area contributed by atoms with Gasteiger partial charge < -0.3 is 10.1 Å².